The predicted molar refractivity (Wildman–Crippen MR) is 126 cm³/mol. The van der Waals surface area contributed by atoms with Crippen LogP contribution in [0.25, 0.3) is 5.69 Å². The molecule has 0 bridgehead atoms. The Labute approximate surface area is 191 Å². The molecule has 162 valence electrons. The highest BCUT2D eigenvalue weighted by atomic mass is 79.9. The van der Waals surface area contributed by atoms with Gasteiger partial charge in [0.25, 0.3) is 5.91 Å². The van der Waals surface area contributed by atoms with E-state index in [1.54, 1.807) is 7.11 Å². The van der Waals surface area contributed by atoms with Crippen molar-refractivity contribution >= 4 is 27.5 Å². The second-order valence-electron chi connectivity index (χ2n) is 7.76. The van der Waals surface area contributed by atoms with Crippen molar-refractivity contribution in [3.8, 4) is 11.4 Å². The number of nitrogens with zero attached hydrogens (tertiary/aromatic N) is 4. The standard InChI is InChI=1S/C24H27BrN4O2/c1-17-23(18(2)29(26-17)21-7-5-19(25)6-8-21)24(30)28-14-4-13-27(15-16-28)20-9-11-22(31-3)12-10-20/h5-12H,4,13-16H2,1-3H3. The third-order valence-electron chi connectivity index (χ3n) is 5.80. The van der Waals surface area contributed by atoms with E-state index in [-0.39, 0.29) is 5.91 Å². The van der Waals surface area contributed by atoms with Gasteiger partial charge in [0.15, 0.2) is 0 Å². The van der Waals surface area contributed by atoms with Crippen molar-refractivity contribution in [2.75, 3.05) is 38.2 Å². The molecule has 0 radical (unpaired) electrons. The van der Waals surface area contributed by atoms with E-state index in [1.807, 2.05) is 59.8 Å². The van der Waals surface area contributed by atoms with Gasteiger partial charge in [-0.3, -0.25) is 4.79 Å². The van der Waals surface area contributed by atoms with E-state index in [2.05, 4.69) is 38.1 Å². The molecule has 3 aromatic rings. The number of rotatable bonds is 4. The first kappa shape index (κ1) is 21.4. The van der Waals surface area contributed by atoms with Crippen LogP contribution in [0.15, 0.2) is 53.0 Å². The third-order valence-corrected chi connectivity index (χ3v) is 6.33. The first-order valence-corrected chi connectivity index (χ1v) is 11.3. The number of methoxy groups -OCH3 is 1. The van der Waals surface area contributed by atoms with Crippen molar-refractivity contribution in [2.24, 2.45) is 0 Å². The zero-order chi connectivity index (χ0) is 22.0. The minimum Gasteiger partial charge on any atom is -0.497 e. The minimum absolute atomic E-state index is 0.0648. The highest BCUT2D eigenvalue weighted by molar-refractivity contribution is 9.10. The van der Waals surface area contributed by atoms with Crippen molar-refractivity contribution in [2.45, 2.75) is 20.3 Å². The number of hydrogen-bond donors (Lipinski definition) is 0. The van der Waals surface area contributed by atoms with E-state index < -0.39 is 0 Å². The van der Waals surface area contributed by atoms with Crippen molar-refractivity contribution in [3.63, 3.8) is 0 Å². The molecule has 2 heterocycles. The molecule has 1 aliphatic heterocycles. The number of anilines is 1. The maximum absolute atomic E-state index is 13.4. The quantitative estimate of drug-likeness (QED) is 0.544. The van der Waals surface area contributed by atoms with Gasteiger partial charge in [0.05, 0.1) is 29.7 Å². The summed E-state index contributed by atoms with van der Waals surface area (Å²) in [6, 6.07) is 16.1. The fraction of sp³-hybridized carbons (Fsp3) is 0.333. The van der Waals surface area contributed by atoms with E-state index in [0.717, 1.165) is 59.0 Å². The lowest BCUT2D eigenvalue weighted by Crippen LogP contribution is -2.35. The molecular weight excluding hydrogens is 456 g/mol. The summed E-state index contributed by atoms with van der Waals surface area (Å²) in [6.07, 6.45) is 0.927. The molecule has 1 saturated heterocycles. The number of benzene rings is 2. The van der Waals surface area contributed by atoms with E-state index in [4.69, 9.17) is 4.74 Å². The van der Waals surface area contributed by atoms with E-state index in [9.17, 15) is 4.79 Å². The molecule has 1 aromatic heterocycles. The fourth-order valence-electron chi connectivity index (χ4n) is 4.12. The van der Waals surface area contributed by atoms with Gasteiger partial charge in [-0.05, 0) is 68.8 Å². The molecule has 0 N–H and O–H groups in total. The molecule has 0 aliphatic carbocycles. The summed E-state index contributed by atoms with van der Waals surface area (Å²) in [4.78, 5) is 17.7. The predicted octanol–water partition coefficient (Wildman–Crippen LogP) is 4.61. The number of aromatic nitrogens is 2. The van der Waals surface area contributed by atoms with Crippen LogP contribution in [0, 0.1) is 13.8 Å². The maximum Gasteiger partial charge on any atom is 0.257 e. The molecule has 1 aliphatic rings. The SMILES string of the molecule is COc1ccc(N2CCCN(C(=O)c3c(C)nn(-c4ccc(Br)cc4)c3C)CC2)cc1. The fourth-order valence-corrected chi connectivity index (χ4v) is 4.38. The number of halogens is 1. The largest absolute Gasteiger partial charge is 0.497 e. The number of amides is 1. The first-order chi connectivity index (χ1) is 15.0. The Morgan fingerprint density at radius 2 is 1.61 bits per heavy atom. The van der Waals surface area contributed by atoms with Crippen LogP contribution in [-0.4, -0.2) is 53.9 Å². The van der Waals surface area contributed by atoms with Crippen LogP contribution >= 0.6 is 15.9 Å². The zero-order valence-corrected chi connectivity index (χ0v) is 19.7. The number of carbonyl (C=O) groups is 1. The van der Waals surface area contributed by atoms with Crippen molar-refractivity contribution in [1.29, 1.82) is 0 Å². The second kappa shape index (κ2) is 9.14. The van der Waals surface area contributed by atoms with E-state index in [0.29, 0.717) is 12.1 Å². The third kappa shape index (κ3) is 4.46. The lowest BCUT2D eigenvalue weighted by Gasteiger charge is -2.24. The number of aryl methyl sites for hydroxylation is 1. The summed E-state index contributed by atoms with van der Waals surface area (Å²) in [5.74, 6) is 0.916. The lowest BCUT2D eigenvalue weighted by molar-refractivity contribution is 0.0765. The normalized spacial score (nSPS) is 14.5. The van der Waals surface area contributed by atoms with E-state index in [1.165, 1.54) is 0 Å². The Balaban J connectivity index is 1.51. The minimum atomic E-state index is 0.0648. The van der Waals surface area contributed by atoms with Crippen LogP contribution in [0.4, 0.5) is 5.69 Å². The van der Waals surface area contributed by atoms with Crippen LogP contribution in [-0.2, 0) is 0 Å². The molecule has 1 fully saturated rings. The molecule has 0 atom stereocenters. The summed E-state index contributed by atoms with van der Waals surface area (Å²) in [6.45, 7) is 7.04. The van der Waals surface area contributed by atoms with Crippen LogP contribution in [0.3, 0.4) is 0 Å². The molecule has 31 heavy (non-hydrogen) atoms. The molecular formula is C24H27BrN4O2. The Kier molecular flexibility index (Phi) is 6.32. The number of ether oxygens (including phenoxy) is 1. The average Bonchev–Trinajstić information content (AvgIpc) is 2.95. The molecule has 7 heteroatoms. The Bertz CT molecular complexity index is 1060. The highest BCUT2D eigenvalue weighted by Gasteiger charge is 2.26. The van der Waals surface area contributed by atoms with Crippen LogP contribution in [0.5, 0.6) is 5.75 Å². The maximum atomic E-state index is 13.4. The molecule has 0 unspecified atom stereocenters. The Hall–Kier alpha value is -2.80. The van der Waals surface area contributed by atoms with Gasteiger partial charge >= 0.3 is 0 Å². The molecule has 2 aromatic carbocycles. The summed E-state index contributed by atoms with van der Waals surface area (Å²) in [5, 5.41) is 4.66. The van der Waals surface area contributed by atoms with Crippen LogP contribution in [0.2, 0.25) is 0 Å². The van der Waals surface area contributed by atoms with Gasteiger partial charge in [-0.2, -0.15) is 5.10 Å². The molecule has 1 amide bonds. The second-order valence-corrected chi connectivity index (χ2v) is 8.68. The molecule has 4 rings (SSSR count). The Morgan fingerprint density at radius 3 is 2.29 bits per heavy atom. The Morgan fingerprint density at radius 1 is 0.935 bits per heavy atom. The van der Waals surface area contributed by atoms with Gasteiger partial charge < -0.3 is 14.5 Å². The summed E-state index contributed by atoms with van der Waals surface area (Å²) >= 11 is 3.47. The van der Waals surface area contributed by atoms with Gasteiger partial charge in [0.1, 0.15) is 5.75 Å². The van der Waals surface area contributed by atoms with Gasteiger partial charge in [-0.15, -0.1) is 0 Å². The van der Waals surface area contributed by atoms with Gasteiger partial charge in [0.2, 0.25) is 0 Å². The van der Waals surface area contributed by atoms with Gasteiger partial charge in [-0.25, -0.2) is 4.68 Å². The lowest BCUT2D eigenvalue weighted by atomic mass is 10.1. The van der Waals surface area contributed by atoms with Gasteiger partial charge in [0, 0.05) is 36.3 Å². The monoisotopic (exact) mass is 482 g/mol. The summed E-state index contributed by atoms with van der Waals surface area (Å²) < 4.78 is 8.13. The van der Waals surface area contributed by atoms with Crippen LogP contribution < -0.4 is 9.64 Å². The number of hydrogen-bond acceptors (Lipinski definition) is 4. The first-order valence-electron chi connectivity index (χ1n) is 10.5. The van der Waals surface area contributed by atoms with Crippen molar-refractivity contribution < 1.29 is 9.53 Å². The molecule has 6 nitrogen and oxygen atoms in total. The molecule has 0 spiro atoms. The van der Waals surface area contributed by atoms with Crippen molar-refractivity contribution in [3.05, 3.63) is 70.0 Å². The van der Waals surface area contributed by atoms with E-state index >= 15 is 0 Å². The average molecular weight is 483 g/mol. The van der Waals surface area contributed by atoms with Gasteiger partial charge in [-0.1, -0.05) is 15.9 Å². The molecule has 0 saturated carbocycles. The summed E-state index contributed by atoms with van der Waals surface area (Å²) in [5.41, 5.74) is 4.46. The zero-order valence-electron chi connectivity index (χ0n) is 18.1. The van der Waals surface area contributed by atoms with Crippen LogP contribution in [0.1, 0.15) is 28.2 Å². The topological polar surface area (TPSA) is 50.6 Å². The number of carbonyl (C=O) groups excluding carboxylic acids is 1. The smallest absolute Gasteiger partial charge is 0.257 e. The highest BCUT2D eigenvalue weighted by Crippen LogP contribution is 2.24. The summed E-state index contributed by atoms with van der Waals surface area (Å²) in [7, 11) is 1.67. The van der Waals surface area contributed by atoms with Crippen molar-refractivity contribution in [1.82, 2.24) is 14.7 Å².